The first-order chi connectivity index (χ1) is 12.2. The van der Waals surface area contributed by atoms with Gasteiger partial charge >= 0.3 is 0 Å². The Kier molecular flexibility index (Phi) is 9.33. The van der Waals surface area contributed by atoms with Gasteiger partial charge in [0.25, 0.3) is 5.91 Å². The highest BCUT2D eigenvalue weighted by Crippen LogP contribution is 2.27. The van der Waals surface area contributed by atoms with Crippen LogP contribution in [0.3, 0.4) is 0 Å². The summed E-state index contributed by atoms with van der Waals surface area (Å²) in [4.78, 5) is 12.0. The van der Waals surface area contributed by atoms with Crippen LogP contribution >= 0.6 is 12.4 Å². The normalized spacial score (nSPS) is 9.81. The second-order valence-electron chi connectivity index (χ2n) is 5.41. The maximum Gasteiger partial charge on any atom is 0.251 e. The number of nitrogens with two attached hydrogens (primary N) is 1. The minimum atomic E-state index is -0.105. The molecule has 0 spiro atoms. The number of amides is 1. The Morgan fingerprint density at radius 3 is 2.12 bits per heavy atom. The molecule has 0 fully saturated rings. The van der Waals surface area contributed by atoms with Crippen molar-refractivity contribution in [2.45, 2.75) is 13.0 Å². The van der Waals surface area contributed by atoms with Crippen molar-refractivity contribution in [2.75, 3.05) is 27.4 Å². The van der Waals surface area contributed by atoms with Crippen molar-refractivity contribution in [2.24, 2.45) is 5.73 Å². The van der Waals surface area contributed by atoms with Crippen molar-refractivity contribution < 1.29 is 19.0 Å². The monoisotopic (exact) mass is 380 g/mol. The zero-order valence-corrected chi connectivity index (χ0v) is 15.8. The molecule has 6 nitrogen and oxygen atoms in total. The van der Waals surface area contributed by atoms with Crippen LogP contribution in [-0.4, -0.2) is 33.3 Å². The minimum Gasteiger partial charge on any atom is -0.496 e. The van der Waals surface area contributed by atoms with E-state index in [0.717, 1.165) is 5.56 Å². The van der Waals surface area contributed by atoms with Gasteiger partial charge in [-0.1, -0.05) is 12.1 Å². The molecule has 2 rings (SSSR count). The Hall–Kier alpha value is -2.44. The number of benzene rings is 2. The van der Waals surface area contributed by atoms with Crippen LogP contribution in [0.2, 0.25) is 0 Å². The lowest BCUT2D eigenvalue weighted by atomic mass is 10.1. The summed E-state index contributed by atoms with van der Waals surface area (Å²) in [6, 6.07) is 12.6. The summed E-state index contributed by atoms with van der Waals surface area (Å²) in [6.07, 6.45) is 0.687. The highest BCUT2D eigenvalue weighted by molar-refractivity contribution is 5.94. The molecule has 0 saturated carbocycles. The molecule has 0 aliphatic carbocycles. The van der Waals surface area contributed by atoms with Gasteiger partial charge in [0.15, 0.2) is 0 Å². The first-order valence-corrected chi connectivity index (χ1v) is 8.09. The molecule has 0 aromatic heterocycles. The van der Waals surface area contributed by atoms with E-state index in [2.05, 4.69) is 5.32 Å². The molecule has 0 atom stereocenters. The van der Waals surface area contributed by atoms with Crippen molar-refractivity contribution in [1.29, 1.82) is 0 Å². The van der Waals surface area contributed by atoms with Crippen molar-refractivity contribution in [3.63, 3.8) is 0 Å². The molecule has 26 heavy (non-hydrogen) atoms. The van der Waals surface area contributed by atoms with Crippen molar-refractivity contribution in [1.82, 2.24) is 5.32 Å². The number of ether oxygens (including phenoxy) is 3. The van der Waals surface area contributed by atoms with Gasteiger partial charge in [-0.15, -0.1) is 12.4 Å². The highest BCUT2D eigenvalue weighted by Gasteiger charge is 2.05. The topological polar surface area (TPSA) is 82.8 Å². The predicted molar refractivity (Wildman–Crippen MR) is 104 cm³/mol. The number of carbonyl (C=O) groups is 1. The Morgan fingerprint density at radius 1 is 1.00 bits per heavy atom. The van der Waals surface area contributed by atoms with Crippen LogP contribution in [0, 0.1) is 0 Å². The third kappa shape index (κ3) is 6.46. The number of nitrogens with one attached hydrogen (secondary N) is 1. The summed E-state index contributed by atoms with van der Waals surface area (Å²) in [5.74, 6) is 1.90. The second-order valence-corrected chi connectivity index (χ2v) is 5.41. The second kappa shape index (κ2) is 11.2. The fourth-order valence-corrected chi connectivity index (χ4v) is 2.22. The van der Waals surface area contributed by atoms with Gasteiger partial charge in [-0.3, -0.25) is 4.79 Å². The van der Waals surface area contributed by atoms with E-state index in [1.807, 2.05) is 12.1 Å². The van der Waals surface area contributed by atoms with Gasteiger partial charge in [0.05, 0.1) is 20.8 Å². The average Bonchev–Trinajstić information content (AvgIpc) is 2.67. The van der Waals surface area contributed by atoms with E-state index >= 15 is 0 Å². The summed E-state index contributed by atoms with van der Waals surface area (Å²) in [5.41, 5.74) is 7.16. The van der Waals surface area contributed by atoms with Crippen LogP contribution < -0.4 is 25.3 Å². The third-order valence-corrected chi connectivity index (χ3v) is 3.65. The van der Waals surface area contributed by atoms with Gasteiger partial charge in [-0.2, -0.15) is 0 Å². The number of hydrogen-bond donors (Lipinski definition) is 2. The van der Waals surface area contributed by atoms with E-state index in [-0.39, 0.29) is 18.3 Å². The lowest BCUT2D eigenvalue weighted by Gasteiger charge is -2.10. The van der Waals surface area contributed by atoms with Gasteiger partial charge in [0.1, 0.15) is 17.2 Å². The van der Waals surface area contributed by atoms with Crippen LogP contribution in [-0.2, 0) is 6.54 Å². The van der Waals surface area contributed by atoms with Crippen LogP contribution in [0.5, 0.6) is 17.2 Å². The molecule has 0 radical (unpaired) electrons. The van der Waals surface area contributed by atoms with E-state index < -0.39 is 0 Å². The SMILES string of the molecule is COc1cc(OC)cc(OCCCNC(=O)c2ccc(CN)cc2)c1.Cl. The van der Waals surface area contributed by atoms with E-state index in [4.69, 9.17) is 19.9 Å². The highest BCUT2D eigenvalue weighted by atomic mass is 35.5. The molecule has 2 aromatic rings. The molecular formula is C19H25ClN2O4. The largest absolute Gasteiger partial charge is 0.496 e. The van der Waals surface area contributed by atoms with Gasteiger partial charge in [0, 0.05) is 36.9 Å². The van der Waals surface area contributed by atoms with E-state index in [0.29, 0.717) is 48.9 Å². The molecular weight excluding hydrogens is 356 g/mol. The molecule has 142 valence electrons. The molecule has 2 aromatic carbocycles. The van der Waals surface area contributed by atoms with Gasteiger partial charge in [-0.25, -0.2) is 0 Å². The smallest absolute Gasteiger partial charge is 0.251 e. The quantitative estimate of drug-likeness (QED) is 0.653. The van der Waals surface area contributed by atoms with Gasteiger partial charge in [-0.05, 0) is 24.1 Å². The van der Waals surface area contributed by atoms with Crippen LogP contribution in [0.25, 0.3) is 0 Å². The number of hydrogen-bond acceptors (Lipinski definition) is 5. The summed E-state index contributed by atoms with van der Waals surface area (Å²) in [5, 5.41) is 2.87. The summed E-state index contributed by atoms with van der Waals surface area (Å²) in [7, 11) is 3.18. The molecule has 1 amide bonds. The molecule has 0 bridgehead atoms. The first-order valence-electron chi connectivity index (χ1n) is 8.09. The first kappa shape index (κ1) is 21.6. The Labute approximate surface area is 160 Å². The van der Waals surface area contributed by atoms with Crippen LogP contribution in [0.4, 0.5) is 0 Å². The molecule has 0 saturated heterocycles. The van der Waals surface area contributed by atoms with Crippen LogP contribution in [0.1, 0.15) is 22.3 Å². The maximum atomic E-state index is 12.0. The third-order valence-electron chi connectivity index (χ3n) is 3.65. The molecule has 0 aliphatic rings. The summed E-state index contributed by atoms with van der Waals surface area (Å²) >= 11 is 0. The minimum absolute atomic E-state index is 0. The van der Waals surface area contributed by atoms with Crippen molar-refractivity contribution in [3.05, 3.63) is 53.6 Å². The summed E-state index contributed by atoms with van der Waals surface area (Å²) < 4.78 is 16.1. The number of methoxy groups -OCH3 is 2. The van der Waals surface area contributed by atoms with Crippen LogP contribution in [0.15, 0.2) is 42.5 Å². The molecule has 0 aliphatic heterocycles. The fourth-order valence-electron chi connectivity index (χ4n) is 2.22. The lowest BCUT2D eigenvalue weighted by molar-refractivity contribution is 0.0951. The van der Waals surface area contributed by atoms with Crippen molar-refractivity contribution >= 4 is 18.3 Å². The Balaban J connectivity index is 0.00000338. The predicted octanol–water partition coefficient (Wildman–Crippen LogP) is 2.78. The van der Waals surface area contributed by atoms with Gasteiger partial charge < -0.3 is 25.3 Å². The number of rotatable bonds is 9. The van der Waals surface area contributed by atoms with E-state index in [9.17, 15) is 4.79 Å². The lowest BCUT2D eigenvalue weighted by Crippen LogP contribution is -2.25. The fraction of sp³-hybridized carbons (Fsp3) is 0.316. The molecule has 0 unspecified atom stereocenters. The Morgan fingerprint density at radius 2 is 1.58 bits per heavy atom. The van der Waals surface area contributed by atoms with Crippen molar-refractivity contribution in [3.8, 4) is 17.2 Å². The van der Waals surface area contributed by atoms with E-state index in [1.165, 1.54) is 0 Å². The van der Waals surface area contributed by atoms with Gasteiger partial charge in [0.2, 0.25) is 0 Å². The van der Waals surface area contributed by atoms with E-state index in [1.54, 1.807) is 44.6 Å². The molecule has 0 heterocycles. The molecule has 7 heteroatoms. The number of halogens is 1. The zero-order chi connectivity index (χ0) is 18.1. The number of carbonyl (C=O) groups excluding carboxylic acids is 1. The summed E-state index contributed by atoms with van der Waals surface area (Å²) in [6.45, 7) is 1.47. The Bertz CT molecular complexity index is 670. The standard InChI is InChI=1S/C19H24N2O4.ClH/c1-23-16-10-17(24-2)12-18(11-16)25-9-3-8-21-19(22)15-6-4-14(13-20)5-7-15;/h4-7,10-12H,3,8-9,13,20H2,1-2H3,(H,21,22);1H. The molecule has 3 N–H and O–H groups in total. The zero-order valence-electron chi connectivity index (χ0n) is 15.0. The average molecular weight is 381 g/mol. The maximum absolute atomic E-state index is 12.0.